The number of nitrogen functional groups attached to an aromatic ring is 1. The highest BCUT2D eigenvalue weighted by Gasteiger charge is 2.05. The van der Waals surface area contributed by atoms with E-state index in [0.717, 1.165) is 17.7 Å². The Kier molecular flexibility index (Phi) is 4.50. The molecule has 0 saturated heterocycles. The summed E-state index contributed by atoms with van der Waals surface area (Å²) in [6, 6.07) is 13.2. The first-order valence-electron chi connectivity index (χ1n) is 6.25. The average molecular weight is 255 g/mol. The minimum atomic E-state index is -0.0196. The van der Waals surface area contributed by atoms with E-state index >= 15 is 0 Å². The SMILES string of the molecule is Nc1ccccc1CC(=O)NCCc1ccccn1. The zero-order chi connectivity index (χ0) is 13.5. The Balaban J connectivity index is 1.78. The van der Waals surface area contributed by atoms with Gasteiger partial charge in [0.15, 0.2) is 0 Å². The van der Waals surface area contributed by atoms with Crippen molar-refractivity contribution in [1.29, 1.82) is 0 Å². The van der Waals surface area contributed by atoms with Crippen molar-refractivity contribution in [1.82, 2.24) is 10.3 Å². The summed E-state index contributed by atoms with van der Waals surface area (Å²) in [7, 11) is 0. The number of hydrogen-bond donors (Lipinski definition) is 2. The predicted molar refractivity (Wildman–Crippen MR) is 75.5 cm³/mol. The molecule has 2 rings (SSSR count). The molecule has 0 spiro atoms. The molecule has 4 nitrogen and oxygen atoms in total. The fraction of sp³-hybridized carbons (Fsp3) is 0.200. The number of carbonyl (C=O) groups is 1. The summed E-state index contributed by atoms with van der Waals surface area (Å²) in [5.41, 5.74) is 8.29. The summed E-state index contributed by atoms with van der Waals surface area (Å²) in [6.45, 7) is 0.586. The Labute approximate surface area is 112 Å². The second kappa shape index (κ2) is 6.54. The highest BCUT2D eigenvalue weighted by Crippen LogP contribution is 2.10. The van der Waals surface area contributed by atoms with Gasteiger partial charge in [0, 0.05) is 30.5 Å². The molecule has 19 heavy (non-hydrogen) atoms. The molecule has 3 N–H and O–H groups in total. The highest BCUT2D eigenvalue weighted by molar-refractivity contribution is 5.80. The van der Waals surface area contributed by atoms with Crippen LogP contribution in [0.25, 0.3) is 0 Å². The largest absolute Gasteiger partial charge is 0.398 e. The minimum Gasteiger partial charge on any atom is -0.398 e. The van der Waals surface area contributed by atoms with Crippen LogP contribution in [0.4, 0.5) is 5.69 Å². The van der Waals surface area contributed by atoms with Crippen LogP contribution in [0.1, 0.15) is 11.3 Å². The van der Waals surface area contributed by atoms with E-state index in [9.17, 15) is 4.79 Å². The Hall–Kier alpha value is -2.36. The number of amides is 1. The van der Waals surface area contributed by atoms with Crippen molar-refractivity contribution in [2.45, 2.75) is 12.8 Å². The van der Waals surface area contributed by atoms with Crippen molar-refractivity contribution in [2.75, 3.05) is 12.3 Å². The van der Waals surface area contributed by atoms with Crippen molar-refractivity contribution >= 4 is 11.6 Å². The molecule has 0 atom stereocenters. The molecular weight excluding hydrogens is 238 g/mol. The lowest BCUT2D eigenvalue weighted by molar-refractivity contribution is -0.120. The molecule has 1 aromatic carbocycles. The second-order valence-corrected chi connectivity index (χ2v) is 4.30. The van der Waals surface area contributed by atoms with Gasteiger partial charge in [0.2, 0.25) is 5.91 Å². The summed E-state index contributed by atoms with van der Waals surface area (Å²) in [6.07, 6.45) is 2.80. The van der Waals surface area contributed by atoms with Gasteiger partial charge in [0.1, 0.15) is 0 Å². The molecular formula is C15H17N3O. The number of carbonyl (C=O) groups excluding carboxylic acids is 1. The summed E-state index contributed by atoms with van der Waals surface area (Å²) in [5, 5.41) is 2.87. The molecule has 98 valence electrons. The quantitative estimate of drug-likeness (QED) is 0.797. The van der Waals surface area contributed by atoms with Crippen LogP contribution in [-0.2, 0) is 17.6 Å². The third-order valence-corrected chi connectivity index (χ3v) is 2.84. The fourth-order valence-corrected chi connectivity index (χ4v) is 1.81. The van der Waals surface area contributed by atoms with Crippen LogP contribution in [0.3, 0.4) is 0 Å². The molecule has 4 heteroatoms. The van der Waals surface area contributed by atoms with E-state index in [-0.39, 0.29) is 5.91 Å². The number of nitrogens with two attached hydrogens (primary N) is 1. The monoisotopic (exact) mass is 255 g/mol. The van der Waals surface area contributed by atoms with E-state index in [1.165, 1.54) is 0 Å². The molecule has 0 radical (unpaired) electrons. The number of nitrogens with zero attached hydrogens (tertiary/aromatic N) is 1. The summed E-state index contributed by atoms with van der Waals surface area (Å²) in [5.74, 6) is -0.0196. The van der Waals surface area contributed by atoms with Crippen molar-refractivity contribution in [3.05, 3.63) is 59.9 Å². The van der Waals surface area contributed by atoms with Gasteiger partial charge in [-0.05, 0) is 23.8 Å². The number of benzene rings is 1. The lowest BCUT2D eigenvalue weighted by Crippen LogP contribution is -2.27. The van der Waals surface area contributed by atoms with Gasteiger partial charge in [-0.2, -0.15) is 0 Å². The zero-order valence-corrected chi connectivity index (χ0v) is 10.7. The van der Waals surface area contributed by atoms with Gasteiger partial charge in [0.25, 0.3) is 0 Å². The maximum Gasteiger partial charge on any atom is 0.224 e. The standard InChI is InChI=1S/C15H17N3O/c16-14-7-2-1-5-12(14)11-15(19)18-10-8-13-6-3-4-9-17-13/h1-7,9H,8,10-11,16H2,(H,18,19). The number of pyridine rings is 1. The van der Waals surface area contributed by atoms with E-state index < -0.39 is 0 Å². The zero-order valence-electron chi connectivity index (χ0n) is 10.7. The van der Waals surface area contributed by atoms with Crippen LogP contribution < -0.4 is 11.1 Å². The first-order valence-corrected chi connectivity index (χ1v) is 6.25. The topological polar surface area (TPSA) is 68.0 Å². The molecule has 1 heterocycles. The normalized spacial score (nSPS) is 10.1. The number of nitrogens with one attached hydrogen (secondary N) is 1. The third-order valence-electron chi connectivity index (χ3n) is 2.84. The lowest BCUT2D eigenvalue weighted by atomic mass is 10.1. The number of hydrogen-bond acceptors (Lipinski definition) is 3. The summed E-state index contributed by atoms with van der Waals surface area (Å²) < 4.78 is 0. The Morgan fingerprint density at radius 2 is 1.95 bits per heavy atom. The van der Waals surface area contributed by atoms with Crippen LogP contribution in [0.15, 0.2) is 48.7 Å². The van der Waals surface area contributed by atoms with Gasteiger partial charge < -0.3 is 11.1 Å². The molecule has 1 amide bonds. The van der Waals surface area contributed by atoms with Gasteiger partial charge in [0.05, 0.1) is 6.42 Å². The average Bonchev–Trinajstić information content (AvgIpc) is 2.43. The molecule has 0 fully saturated rings. The van der Waals surface area contributed by atoms with E-state index in [2.05, 4.69) is 10.3 Å². The number of rotatable bonds is 5. The first kappa shape index (κ1) is 13.1. The second-order valence-electron chi connectivity index (χ2n) is 4.30. The van der Waals surface area contributed by atoms with Gasteiger partial charge in [-0.1, -0.05) is 24.3 Å². The van der Waals surface area contributed by atoms with E-state index in [0.29, 0.717) is 18.7 Å². The summed E-state index contributed by atoms with van der Waals surface area (Å²) >= 11 is 0. The molecule has 0 aliphatic carbocycles. The van der Waals surface area contributed by atoms with Crippen molar-refractivity contribution < 1.29 is 4.79 Å². The minimum absolute atomic E-state index is 0.0196. The third kappa shape index (κ3) is 4.10. The maximum atomic E-state index is 11.8. The van der Waals surface area contributed by atoms with E-state index in [1.807, 2.05) is 36.4 Å². The maximum absolute atomic E-state index is 11.8. The van der Waals surface area contributed by atoms with Crippen molar-refractivity contribution in [3.63, 3.8) is 0 Å². The molecule has 0 bridgehead atoms. The Morgan fingerprint density at radius 1 is 1.16 bits per heavy atom. The van der Waals surface area contributed by atoms with E-state index in [4.69, 9.17) is 5.73 Å². The molecule has 0 unspecified atom stereocenters. The van der Waals surface area contributed by atoms with Crippen LogP contribution in [0.5, 0.6) is 0 Å². The van der Waals surface area contributed by atoms with Gasteiger partial charge in [-0.15, -0.1) is 0 Å². The molecule has 2 aromatic rings. The number of anilines is 1. The Morgan fingerprint density at radius 3 is 2.68 bits per heavy atom. The summed E-state index contributed by atoms with van der Waals surface area (Å²) in [4.78, 5) is 16.0. The van der Waals surface area contributed by atoms with Crippen LogP contribution in [0.2, 0.25) is 0 Å². The van der Waals surface area contributed by atoms with Crippen molar-refractivity contribution in [2.24, 2.45) is 0 Å². The molecule has 0 saturated carbocycles. The van der Waals surface area contributed by atoms with Gasteiger partial charge in [-0.3, -0.25) is 9.78 Å². The van der Waals surface area contributed by atoms with Crippen LogP contribution in [-0.4, -0.2) is 17.4 Å². The first-order chi connectivity index (χ1) is 9.25. The smallest absolute Gasteiger partial charge is 0.224 e. The highest BCUT2D eigenvalue weighted by atomic mass is 16.1. The lowest BCUT2D eigenvalue weighted by Gasteiger charge is -2.07. The van der Waals surface area contributed by atoms with Crippen LogP contribution >= 0.6 is 0 Å². The Bertz CT molecular complexity index is 540. The number of aromatic nitrogens is 1. The predicted octanol–water partition coefficient (Wildman–Crippen LogP) is 1.57. The van der Waals surface area contributed by atoms with Gasteiger partial charge in [-0.25, -0.2) is 0 Å². The van der Waals surface area contributed by atoms with Gasteiger partial charge >= 0.3 is 0 Å². The van der Waals surface area contributed by atoms with Crippen LogP contribution in [0, 0.1) is 0 Å². The molecule has 1 aromatic heterocycles. The van der Waals surface area contributed by atoms with E-state index in [1.54, 1.807) is 12.3 Å². The van der Waals surface area contributed by atoms with Crippen molar-refractivity contribution in [3.8, 4) is 0 Å². The number of para-hydroxylation sites is 1. The fourth-order valence-electron chi connectivity index (χ4n) is 1.81. The molecule has 0 aliphatic heterocycles. The molecule has 0 aliphatic rings.